The molecule has 1 fully saturated rings. The molecule has 1 aliphatic carbocycles. The Morgan fingerprint density at radius 1 is 1.75 bits per heavy atom. The molecule has 3 heteroatoms. The van der Waals surface area contributed by atoms with Gasteiger partial charge in [0.2, 0.25) is 5.91 Å². The molecule has 0 bridgehead atoms. The van der Waals surface area contributed by atoms with Crippen molar-refractivity contribution < 1.29 is 4.79 Å². The molecular weight excluding hydrogens is 152 g/mol. The maximum absolute atomic E-state index is 11.1. The van der Waals surface area contributed by atoms with Crippen molar-refractivity contribution in [1.82, 2.24) is 5.32 Å². The lowest BCUT2D eigenvalue weighted by molar-refractivity contribution is -0.122. The van der Waals surface area contributed by atoms with Gasteiger partial charge in [0.1, 0.15) is 0 Å². The van der Waals surface area contributed by atoms with Crippen molar-refractivity contribution in [3.05, 3.63) is 0 Å². The SMILES string of the molecule is C#CCC(N)C(=O)NCC1CC1. The van der Waals surface area contributed by atoms with Crippen molar-refractivity contribution in [3.63, 3.8) is 0 Å². The van der Waals surface area contributed by atoms with Crippen LogP contribution in [0, 0.1) is 18.3 Å². The van der Waals surface area contributed by atoms with Crippen LogP contribution in [0.2, 0.25) is 0 Å². The number of amides is 1. The summed E-state index contributed by atoms with van der Waals surface area (Å²) in [5, 5.41) is 2.77. The van der Waals surface area contributed by atoms with Crippen molar-refractivity contribution in [2.24, 2.45) is 11.7 Å². The van der Waals surface area contributed by atoms with Gasteiger partial charge in [-0.1, -0.05) is 0 Å². The first-order chi connectivity index (χ1) is 5.74. The third kappa shape index (κ3) is 2.93. The van der Waals surface area contributed by atoms with Crippen LogP contribution in [0.5, 0.6) is 0 Å². The van der Waals surface area contributed by atoms with E-state index >= 15 is 0 Å². The summed E-state index contributed by atoms with van der Waals surface area (Å²) in [6, 6.07) is -0.534. The molecule has 0 aromatic rings. The predicted octanol–water partition coefficient (Wildman–Crippen LogP) is -0.137. The lowest BCUT2D eigenvalue weighted by Gasteiger charge is -2.08. The van der Waals surface area contributed by atoms with Gasteiger partial charge in [-0.2, -0.15) is 0 Å². The molecule has 1 unspecified atom stereocenters. The van der Waals surface area contributed by atoms with Crippen LogP contribution in [-0.4, -0.2) is 18.5 Å². The fraction of sp³-hybridized carbons (Fsp3) is 0.667. The van der Waals surface area contributed by atoms with Crippen LogP contribution in [0.15, 0.2) is 0 Å². The minimum atomic E-state index is -0.534. The number of carbonyl (C=O) groups is 1. The maximum Gasteiger partial charge on any atom is 0.237 e. The zero-order valence-corrected chi connectivity index (χ0v) is 7.05. The minimum absolute atomic E-state index is 0.125. The lowest BCUT2D eigenvalue weighted by atomic mass is 10.2. The second-order valence-corrected chi connectivity index (χ2v) is 3.20. The molecule has 1 aliphatic rings. The second kappa shape index (κ2) is 4.13. The number of nitrogens with two attached hydrogens (primary N) is 1. The Kier molecular flexibility index (Phi) is 3.12. The first-order valence-corrected chi connectivity index (χ1v) is 4.20. The van der Waals surface area contributed by atoms with Crippen molar-refractivity contribution >= 4 is 5.91 Å². The number of hydrogen-bond acceptors (Lipinski definition) is 2. The average molecular weight is 166 g/mol. The summed E-state index contributed by atoms with van der Waals surface area (Å²) in [6.45, 7) is 0.761. The van der Waals surface area contributed by atoms with Gasteiger partial charge in [-0.25, -0.2) is 0 Å². The van der Waals surface area contributed by atoms with Gasteiger partial charge in [-0.15, -0.1) is 12.3 Å². The highest BCUT2D eigenvalue weighted by Crippen LogP contribution is 2.27. The molecule has 3 N–H and O–H groups in total. The molecule has 1 rings (SSSR count). The highest BCUT2D eigenvalue weighted by molar-refractivity contribution is 5.81. The van der Waals surface area contributed by atoms with Crippen LogP contribution in [0.4, 0.5) is 0 Å². The first-order valence-electron chi connectivity index (χ1n) is 4.20. The van der Waals surface area contributed by atoms with E-state index in [0.717, 1.165) is 6.54 Å². The summed E-state index contributed by atoms with van der Waals surface area (Å²) in [7, 11) is 0. The Hall–Kier alpha value is -1.01. The lowest BCUT2D eigenvalue weighted by Crippen LogP contribution is -2.41. The Balaban J connectivity index is 2.13. The van der Waals surface area contributed by atoms with Gasteiger partial charge in [0, 0.05) is 13.0 Å². The fourth-order valence-electron chi connectivity index (χ4n) is 0.918. The van der Waals surface area contributed by atoms with E-state index in [-0.39, 0.29) is 5.91 Å². The molecule has 0 spiro atoms. The zero-order chi connectivity index (χ0) is 8.97. The van der Waals surface area contributed by atoms with Gasteiger partial charge >= 0.3 is 0 Å². The van der Waals surface area contributed by atoms with Crippen LogP contribution >= 0.6 is 0 Å². The molecular formula is C9H14N2O. The highest BCUT2D eigenvalue weighted by atomic mass is 16.2. The standard InChI is InChI=1S/C9H14N2O/c1-2-3-8(10)9(12)11-6-7-4-5-7/h1,7-8H,3-6,10H2,(H,11,12). The van der Waals surface area contributed by atoms with E-state index in [1.807, 2.05) is 0 Å². The average Bonchev–Trinajstić information content (AvgIpc) is 2.83. The van der Waals surface area contributed by atoms with Crippen LogP contribution in [0.1, 0.15) is 19.3 Å². The summed E-state index contributed by atoms with van der Waals surface area (Å²) in [5.74, 6) is 2.93. The zero-order valence-electron chi connectivity index (χ0n) is 7.05. The van der Waals surface area contributed by atoms with Gasteiger partial charge < -0.3 is 11.1 Å². The maximum atomic E-state index is 11.1. The summed E-state index contributed by atoms with van der Waals surface area (Å²) in [5.41, 5.74) is 5.48. The normalized spacial score (nSPS) is 18.0. The van der Waals surface area contributed by atoms with E-state index in [1.165, 1.54) is 12.8 Å². The number of hydrogen-bond donors (Lipinski definition) is 2. The molecule has 0 radical (unpaired) electrons. The Labute approximate surface area is 72.7 Å². The molecule has 0 aliphatic heterocycles. The molecule has 0 aromatic heterocycles. The van der Waals surface area contributed by atoms with Gasteiger partial charge in [0.05, 0.1) is 6.04 Å². The van der Waals surface area contributed by atoms with Crippen molar-refractivity contribution in [3.8, 4) is 12.3 Å². The molecule has 12 heavy (non-hydrogen) atoms. The van der Waals surface area contributed by atoms with E-state index in [4.69, 9.17) is 12.2 Å². The monoisotopic (exact) mass is 166 g/mol. The van der Waals surface area contributed by atoms with Gasteiger partial charge in [0.15, 0.2) is 0 Å². The van der Waals surface area contributed by atoms with Gasteiger partial charge in [-0.3, -0.25) is 4.79 Å². The van der Waals surface area contributed by atoms with Crippen LogP contribution < -0.4 is 11.1 Å². The van der Waals surface area contributed by atoms with Crippen molar-refractivity contribution in [1.29, 1.82) is 0 Å². The smallest absolute Gasteiger partial charge is 0.237 e. The van der Waals surface area contributed by atoms with E-state index in [1.54, 1.807) is 0 Å². The molecule has 0 heterocycles. The quantitative estimate of drug-likeness (QED) is 0.571. The summed E-state index contributed by atoms with van der Waals surface area (Å²) < 4.78 is 0. The predicted molar refractivity (Wildman–Crippen MR) is 47.2 cm³/mol. The van der Waals surface area contributed by atoms with Crippen molar-refractivity contribution in [2.45, 2.75) is 25.3 Å². The third-order valence-corrected chi connectivity index (χ3v) is 1.94. The molecule has 1 amide bonds. The number of rotatable bonds is 4. The molecule has 0 aromatic carbocycles. The van der Waals surface area contributed by atoms with E-state index in [0.29, 0.717) is 12.3 Å². The number of carbonyl (C=O) groups excluding carboxylic acids is 1. The molecule has 3 nitrogen and oxygen atoms in total. The van der Waals surface area contributed by atoms with Crippen LogP contribution in [0.25, 0.3) is 0 Å². The van der Waals surface area contributed by atoms with Crippen LogP contribution in [-0.2, 0) is 4.79 Å². The molecule has 0 saturated heterocycles. The second-order valence-electron chi connectivity index (χ2n) is 3.20. The Bertz CT molecular complexity index is 203. The molecule has 1 atom stereocenters. The summed E-state index contributed by atoms with van der Waals surface area (Å²) >= 11 is 0. The Morgan fingerprint density at radius 3 is 2.92 bits per heavy atom. The van der Waals surface area contributed by atoms with E-state index in [2.05, 4.69) is 11.2 Å². The topological polar surface area (TPSA) is 55.1 Å². The first kappa shape index (κ1) is 9.08. The van der Waals surface area contributed by atoms with E-state index < -0.39 is 6.04 Å². The van der Waals surface area contributed by atoms with E-state index in [9.17, 15) is 4.79 Å². The summed E-state index contributed by atoms with van der Waals surface area (Å²) in [4.78, 5) is 11.1. The molecule has 1 saturated carbocycles. The highest BCUT2D eigenvalue weighted by Gasteiger charge is 2.22. The number of terminal acetylenes is 1. The van der Waals surface area contributed by atoms with Gasteiger partial charge in [0.25, 0.3) is 0 Å². The molecule has 66 valence electrons. The minimum Gasteiger partial charge on any atom is -0.354 e. The van der Waals surface area contributed by atoms with Gasteiger partial charge in [-0.05, 0) is 18.8 Å². The van der Waals surface area contributed by atoms with Crippen molar-refractivity contribution in [2.75, 3.05) is 6.54 Å². The fourth-order valence-corrected chi connectivity index (χ4v) is 0.918. The number of nitrogens with one attached hydrogen (secondary N) is 1. The largest absolute Gasteiger partial charge is 0.354 e. The summed E-state index contributed by atoms with van der Waals surface area (Å²) in [6.07, 6.45) is 7.80. The van der Waals surface area contributed by atoms with Crippen LogP contribution in [0.3, 0.4) is 0 Å². The Morgan fingerprint density at radius 2 is 2.42 bits per heavy atom. The third-order valence-electron chi connectivity index (χ3n) is 1.94.